The highest BCUT2D eigenvalue weighted by Gasteiger charge is 2.47. The molecule has 0 aromatic carbocycles. The van der Waals surface area contributed by atoms with Crippen LogP contribution in [0.5, 0.6) is 0 Å². The Balaban J connectivity index is 1.54. The van der Waals surface area contributed by atoms with Gasteiger partial charge in [-0.3, -0.25) is 0 Å². The first-order valence-corrected chi connectivity index (χ1v) is 14.3. The molecule has 2 aliphatic carbocycles. The molecule has 3 N–H and O–H groups in total. The van der Waals surface area contributed by atoms with Gasteiger partial charge in [-0.05, 0) is 61.2 Å². The molecule has 11 atom stereocenters. The summed E-state index contributed by atoms with van der Waals surface area (Å²) < 4.78 is 27.2. The molecule has 1 saturated heterocycles. The van der Waals surface area contributed by atoms with E-state index in [0.717, 1.165) is 32.1 Å². The minimum Gasteiger partial charge on any atom is -0.431 e. The maximum absolute atomic E-state index is 12.6. The van der Waals surface area contributed by atoms with E-state index in [1.165, 1.54) is 0 Å². The second-order valence-corrected chi connectivity index (χ2v) is 12.4. The largest absolute Gasteiger partial charge is 0.510 e. The van der Waals surface area contributed by atoms with Gasteiger partial charge in [-0.25, -0.2) is 9.59 Å². The van der Waals surface area contributed by atoms with Gasteiger partial charge in [0.15, 0.2) is 0 Å². The van der Waals surface area contributed by atoms with E-state index < -0.39 is 49.6 Å². The van der Waals surface area contributed by atoms with E-state index in [2.05, 4.69) is 41.5 Å². The van der Waals surface area contributed by atoms with E-state index in [9.17, 15) is 24.9 Å². The van der Waals surface area contributed by atoms with Gasteiger partial charge in [-0.1, -0.05) is 54.4 Å². The van der Waals surface area contributed by atoms with Crippen LogP contribution in [0, 0.1) is 35.5 Å². The number of carbonyl (C=O) groups excluding carboxylic acids is 2. The van der Waals surface area contributed by atoms with Crippen LogP contribution in [0.4, 0.5) is 9.59 Å². The van der Waals surface area contributed by atoms with Crippen molar-refractivity contribution in [2.24, 2.45) is 35.5 Å². The van der Waals surface area contributed by atoms with Crippen LogP contribution in [0.1, 0.15) is 80.1 Å². The molecule has 3 aliphatic rings. The van der Waals surface area contributed by atoms with Crippen LogP contribution in [-0.2, 0) is 23.7 Å². The summed E-state index contributed by atoms with van der Waals surface area (Å²) in [7, 11) is 0. The first-order chi connectivity index (χ1) is 17.9. The third kappa shape index (κ3) is 7.96. The molecule has 38 heavy (non-hydrogen) atoms. The molecule has 3 rings (SSSR count). The molecular weight excluding hydrogens is 496 g/mol. The first kappa shape index (κ1) is 30.9. The Morgan fingerprint density at radius 2 is 1.24 bits per heavy atom. The fourth-order valence-corrected chi connectivity index (χ4v) is 6.21. The predicted molar refractivity (Wildman–Crippen MR) is 137 cm³/mol. The van der Waals surface area contributed by atoms with Gasteiger partial charge in [-0.2, -0.15) is 0 Å². The van der Waals surface area contributed by atoms with Gasteiger partial charge >= 0.3 is 12.3 Å². The molecule has 0 bridgehead atoms. The van der Waals surface area contributed by atoms with E-state index in [0.29, 0.717) is 30.1 Å². The lowest BCUT2D eigenvalue weighted by Gasteiger charge is -2.40. The molecule has 0 aromatic rings. The third-order valence-corrected chi connectivity index (χ3v) is 8.66. The quantitative estimate of drug-likeness (QED) is 0.402. The van der Waals surface area contributed by atoms with Crippen LogP contribution in [0.3, 0.4) is 0 Å². The molecular formula is C28H48O10. The van der Waals surface area contributed by atoms with E-state index in [1.54, 1.807) is 0 Å². The lowest BCUT2D eigenvalue weighted by atomic mass is 9.75. The number of rotatable bonds is 7. The molecule has 0 amide bonds. The normalized spacial score (nSPS) is 40.0. The summed E-state index contributed by atoms with van der Waals surface area (Å²) in [5, 5.41) is 31.1. The molecule has 10 heteroatoms. The number of aliphatic hydroxyl groups is 3. The fraction of sp³-hybridized carbons (Fsp3) is 0.929. The number of hydrogen-bond acceptors (Lipinski definition) is 10. The van der Waals surface area contributed by atoms with Crippen molar-refractivity contribution in [3.05, 3.63) is 0 Å². The van der Waals surface area contributed by atoms with E-state index >= 15 is 0 Å². The molecule has 3 fully saturated rings. The number of ether oxygens (including phenoxy) is 5. The van der Waals surface area contributed by atoms with Crippen LogP contribution < -0.4 is 0 Å². The Morgan fingerprint density at radius 1 is 0.737 bits per heavy atom. The standard InChI is InChI=1S/C28H48O10/c1-14(2)18-9-7-16(5)11-20(18)36-27(32)34-13-22-23(29)24(30)25(31)26(35-22)38-28(33)37-21-12-17(6)8-10-19(21)15(3)4/h14-26,29-31H,7-13H2,1-6H3/t16?,17?,18?,19?,20?,21?,22-,23-,24+,25-,26+/m1/s1. The monoisotopic (exact) mass is 544 g/mol. The van der Waals surface area contributed by atoms with Gasteiger partial charge in [0.1, 0.15) is 43.2 Å². The summed E-state index contributed by atoms with van der Waals surface area (Å²) in [5.41, 5.74) is 0. The average Bonchev–Trinajstić information content (AvgIpc) is 2.83. The molecule has 10 nitrogen and oxygen atoms in total. The van der Waals surface area contributed by atoms with Crippen LogP contribution in [-0.4, -0.2) is 77.2 Å². The first-order valence-electron chi connectivity index (χ1n) is 14.3. The smallest absolute Gasteiger partial charge is 0.431 e. The van der Waals surface area contributed by atoms with Crippen molar-refractivity contribution in [3.63, 3.8) is 0 Å². The lowest BCUT2D eigenvalue weighted by Crippen LogP contribution is -2.59. The zero-order valence-corrected chi connectivity index (χ0v) is 23.7. The fourth-order valence-electron chi connectivity index (χ4n) is 6.21. The molecule has 1 aliphatic heterocycles. The summed E-state index contributed by atoms with van der Waals surface area (Å²) in [6, 6.07) is 0. The Hall–Kier alpha value is -1.62. The second kappa shape index (κ2) is 13.6. The Kier molecular flexibility index (Phi) is 11.1. The van der Waals surface area contributed by atoms with Crippen LogP contribution in [0.2, 0.25) is 0 Å². The van der Waals surface area contributed by atoms with E-state index in [4.69, 9.17) is 23.7 Å². The van der Waals surface area contributed by atoms with Gasteiger partial charge in [0, 0.05) is 0 Å². The molecule has 2 saturated carbocycles. The Bertz CT molecular complexity index is 771. The highest BCUT2D eigenvalue weighted by atomic mass is 16.8. The van der Waals surface area contributed by atoms with Crippen molar-refractivity contribution in [3.8, 4) is 0 Å². The average molecular weight is 545 g/mol. The van der Waals surface area contributed by atoms with Crippen molar-refractivity contribution in [1.29, 1.82) is 0 Å². The predicted octanol–water partition coefficient (Wildman–Crippen LogP) is 4.02. The summed E-state index contributed by atoms with van der Waals surface area (Å²) in [6.07, 6.45) is -4.80. The zero-order chi connectivity index (χ0) is 28.1. The highest BCUT2D eigenvalue weighted by molar-refractivity contribution is 5.60. The van der Waals surface area contributed by atoms with Gasteiger partial charge in [0.25, 0.3) is 0 Å². The summed E-state index contributed by atoms with van der Waals surface area (Å²) in [5.74, 6) is 1.95. The van der Waals surface area contributed by atoms with Crippen molar-refractivity contribution in [1.82, 2.24) is 0 Å². The van der Waals surface area contributed by atoms with Crippen LogP contribution in [0.15, 0.2) is 0 Å². The summed E-state index contributed by atoms with van der Waals surface area (Å²) in [6.45, 7) is 12.2. The van der Waals surface area contributed by atoms with Gasteiger partial charge in [0.05, 0.1) is 0 Å². The third-order valence-electron chi connectivity index (χ3n) is 8.66. The van der Waals surface area contributed by atoms with Crippen LogP contribution >= 0.6 is 0 Å². The SMILES string of the molecule is CC1CCC(C(C)C)C(OC(=O)OC[C@H]2O[C@@H](OC(=O)OC3CC(C)CCC3C(C)C)[C@H](O)[C@@H](O)[C@@H]2O)C1. The van der Waals surface area contributed by atoms with Crippen molar-refractivity contribution >= 4 is 12.3 Å². The van der Waals surface area contributed by atoms with Crippen molar-refractivity contribution < 1.29 is 48.6 Å². The highest BCUT2D eigenvalue weighted by Crippen LogP contribution is 2.37. The number of aliphatic hydroxyl groups excluding tert-OH is 3. The van der Waals surface area contributed by atoms with Crippen LogP contribution in [0.25, 0.3) is 0 Å². The van der Waals surface area contributed by atoms with Crippen molar-refractivity contribution in [2.75, 3.05) is 6.61 Å². The van der Waals surface area contributed by atoms with Gasteiger partial charge in [-0.15, -0.1) is 0 Å². The Labute approximate surface area is 226 Å². The lowest BCUT2D eigenvalue weighted by molar-refractivity contribution is -0.290. The summed E-state index contributed by atoms with van der Waals surface area (Å²) >= 11 is 0. The molecule has 6 unspecified atom stereocenters. The maximum atomic E-state index is 12.6. The zero-order valence-electron chi connectivity index (χ0n) is 23.7. The molecule has 0 spiro atoms. The Morgan fingerprint density at radius 3 is 1.74 bits per heavy atom. The minimum atomic E-state index is -1.71. The number of hydrogen-bond donors (Lipinski definition) is 3. The summed E-state index contributed by atoms with van der Waals surface area (Å²) in [4.78, 5) is 25.1. The molecule has 0 radical (unpaired) electrons. The molecule has 0 aromatic heterocycles. The molecule has 1 heterocycles. The molecule has 220 valence electrons. The van der Waals surface area contributed by atoms with E-state index in [-0.39, 0.29) is 24.0 Å². The van der Waals surface area contributed by atoms with Gasteiger partial charge in [0.2, 0.25) is 6.29 Å². The van der Waals surface area contributed by atoms with Crippen molar-refractivity contribution in [2.45, 2.75) is 123 Å². The maximum Gasteiger partial charge on any atom is 0.510 e. The topological polar surface area (TPSA) is 141 Å². The second-order valence-electron chi connectivity index (χ2n) is 12.4. The number of carbonyl (C=O) groups is 2. The minimum absolute atomic E-state index is 0.193. The van der Waals surface area contributed by atoms with E-state index in [1.807, 2.05) is 0 Å². The van der Waals surface area contributed by atoms with Gasteiger partial charge < -0.3 is 39.0 Å².